The van der Waals surface area contributed by atoms with Crippen molar-refractivity contribution in [3.63, 3.8) is 0 Å². The summed E-state index contributed by atoms with van der Waals surface area (Å²) in [5.41, 5.74) is 8.40. The van der Waals surface area contributed by atoms with E-state index in [2.05, 4.69) is 48.1 Å². The molecule has 0 radical (unpaired) electrons. The first-order valence-electron chi connectivity index (χ1n) is 7.51. The number of hydrogen-bond acceptors (Lipinski definition) is 6. The summed E-state index contributed by atoms with van der Waals surface area (Å²) in [6.07, 6.45) is 5.73. The van der Waals surface area contributed by atoms with E-state index in [0.717, 1.165) is 24.9 Å². The third-order valence-electron chi connectivity index (χ3n) is 3.45. The Bertz CT molecular complexity index is 800. The number of halogens is 1. The summed E-state index contributed by atoms with van der Waals surface area (Å²) in [6, 6.07) is 3.92. The molecule has 8 heteroatoms. The van der Waals surface area contributed by atoms with Crippen LogP contribution in [0.4, 0.5) is 11.8 Å². The van der Waals surface area contributed by atoms with Crippen LogP contribution >= 0.6 is 15.9 Å². The molecule has 0 aliphatic rings. The Balaban J connectivity index is 1.98. The second kappa shape index (κ2) is 6.91. The van der Waals surface area contributed by atoms with Crippen molar-refractivity contribution in [2.75, 3.05) is 17.6 Å². The third-order valence-corrected chi connectivity index (χ3v) is 4.06. The Hall–Kier alpha value is -2.22. The predicted molar refractivity (Wildman–Crippen MR) is 94.2 cm³/mol. The average Bonchev–Trinajstić information content (AvgIpc) is 2.86. The van der Waals surface area contributed by atoms with Gasteiger partial charge in [0, 0.05) is 18.9 Å². The molecular weight excluding hydrogens is 358 g/mol. The van der Waals surface area contributed by atoms with Crippen molar-refractivity contribution >= 4 is 38.9 Å². The molecule has 0 unspecified atom stereocenters. The predicted octanol–water partition coefficient (Wildman–Crippen LogP) is 2.83. The molecule has 0 amide bonds. The van der Waals surface area contributed by atoms with Crippen LogP contribution in [-0.2, 0) is 6.54 Å². The summed E-state index contributed by atoms with van der Waals surface area (Å²) < 4.78 is 2.62. The smallest absolute Gasteiger partial charge is 0.226 e. The number of pyridine rings is 1. The van der Waals surface area contributed by atoms with Crippen LogP contribution in [0.25, 0.3) is 11.2 Å². The second-order valence-corrected chi connectivity index (χ2v) is 5.92. The monoisotopic (exact) mass is 375 g/mol. The highest BCUT2D eigenvalue weighted by molar-refractivity contribution is 9.10. The highest BCUT2D eigenvalue weighted by atomic mass is 79.9. The summed E-state index contributed by atoms with van der Waals surface area (Å²) in [4.78, 5) is 17.4. The summed E-state index contributed by atoms with van der Waals surface area (Å²) in [5.74, 6) is 0.905. The van der Waals surface area contributed by atoms with Crippen LogP contribution in [0.5, 0.6) is 0 Å². The minimum atomic E-state index is 0.375. The Kier molecular flexibility index (Phi) is 4.71. The molecule has 3 N–H and O–H groups in total. The maximum absolute atomic E-state index is 6.04. The molecule has 0 saturated heterocycles. The van der Waals surface area contributed by atoms with Crippen LogP contribution in [0.3, 0.4) is 0 Å². The molecule has 0 spiro atoms. The number of hydrogen-bond donors (Lipinski definition) is 2. The van der Waals surface area contributed by atoms with Crippen molar-refractivity contribution in [2.24, 2.45) is 0 Å². The fourth-order valence-corrected chi connectivity index (χ4v) is 2.74. The van der Waals surface area contributed by atoms with Gasteiger partial charge >= 0.3 is 0 Å². The van der Waals surface area contributed by atoms with Gasteiger partial charge < -0.3 is 11.1 Å². The number of nitrogens with zero attached hydrogens (tertiary/aromatic N) is 5. The normalized spacial score (nSPS) is 11.0. The molecule has 0 aromatic carbocycles. The first-order valence-corrected chi connectivity index (χ1v) is 8.30. The molecule has 0 aliphatic heterocycles. The zero-order valence-electron chi connectivity index (χ0n) is 12.8. The number of nitrogen functional groups attached to an aromatic ring is 1. The van der Waals surface area contributed by atoms with Crippen molar-refractivity contribution in [1.82, 2.24) is 24.5 Å². The maximum Gasteiger partial charge on any atom is 0.226 e. The number of rotatable bonds is 6. The lowest BCUT2D eigenvalue weighted by atomic mass is 10.3. The molecule has 0 bridgehead atoms. The fourth-order valence-electron chi connectivity index (χ4n) is 2.27. The first-order chi connectivity index (χ1) is 11.2. The van der Waals surface area contributed by atoms with Crippen LogP contribution in [-0.4, -0.2) is 31.0 Å². The largest absolute Gasteiger partial charge is 0.382 e. The molecule has 0 aliphatic carbocycles. The molecular formula is C15H18BrN7. The highest BCUT2D eigenvalue weighted by Crippen LogP contribution is 2.24. The molecule has 120 valence electrons. The van der Waals surface area contributed by atoms with E-state index in [0.29, 0.717) is 34.2 Å². The standard InChI is InChI=1S/C15H18BrN7/c1-2-3-7-19-15-21-12(17)11-13(22-15)23(14(16)20-11)9-10-5-4-6-18-8-10/h4-6,8H,2-3,7,9H2,1H3,(H3,17,19,21,22). The Morgan fingerprint density at radius 2 is 2.17 bits per heavy atom. The molecule has 0 atom stereocenters. The summed E-state index contributed by atoms with van der Waals surface area (Å²) in [6.45, 7) is 3.56. The Labute approximate surface area is 142 Å². The van der Waals surface area contributed by atoms with Gasteiger partial charge in [-0.05, 0) is 34.0 Å². The van der Waals surface area contributed by atoms with Crippen LogP contribution in [0.2, 0.25) is 0 Å². The van der Waals surface area contributed by atoms with Gasteiger partial charge in [-0.25, -0.2) is 4.98 Å². The number of aromatic nitrogens is 5. The lowest BCUT2D eigenvalue weighted by molar-refractivity contribution is 0.785. The van der Waals surface area contributed by atoms with Gasteiger partial charge in [0.25, 0.3) is 0 Å². The average molecular weight is 376 g/mol. The molecule has 3 rings (SSSR count). The summed E-state index contributed by atoms with van der Waals surface area (Å²) in [5, 5.41) is 3.21. The lowest BCUT2D eigenvalue weighted by Gasteiger charge is -2.08. The number of nitrogens with one attached hydrogen (secondary N) is 1. The topological polar surface area (TPSA) is 94.5 Å². The molecule has 0 fully saturated rings. The van der Waals surface area contributed by atoms with E-state index in [9.17, 15) is 0 Å². The first kappa shape index (κ1) is 15.7. The highest BCUT2D eigenvalue weighted by Gasteiger charge is 2.15. The second-order valence-electron chi connectivity index (χ2n) is 5.21. The van der Waals surface area contributed by atoms with Crippen molar-refractivity contribution in [3.8, 4) is 0 Å². The number of unbranched alkanes of at least 4 members (excludes halogenated alkanes) is 1. The number of imidazole rings is 1. The van der Waals surface area contributed by atoms with Gasteiger partial charge in [0.15, 0.2) is 21.7 Å². The third kappa shape index (κ3) is 3.42. The molecule has 7 nitrogen and oxygen atoms in total. The van der Waals surface area contributed by atoms with E-state index in [1.807, 2.05) is 22.9 Å². The van der Waals surface area contributed by atoms with E-state index in [1.165, 1.54) is 0 Å². The number of fused-ring (bicyclic) bond motifs is 1. The van der Waals surface area contributed by atoms with Crippen LogP contribution in [0, 0.1) is 0 Å². The molecule has 3 heterocycles. The van der Waals surface area contributed by atoms with E-state index in [4.69, 9.17) is 5.73 Å². The van der Waals surface area contributed by atoms with Crippen LogP contribution in [0.1, 0.15) is 25.3 Å². The minimum absolute atomic E-state index is 0.375. The zero-order valence-corrected chi connectivity index (χ0v) is 14.4. The lowest BCUT2D eigenvalue weighted by Crippen LogP contribution is -2.08. The van der Waals surface area contributed by atoms with Gasteiger partial charge in [-0.1, -0.05) is 19.4 Å². The molecule has 3 aromatic heterocycles. The van der Waals surface area contributed by atoms with E-state index in [-0.39, 0.29) is 0 Å². The fraction of sp³-hybridized carbons (Fsp3) is 0.333. The number of anilines is 2. The van der Waals surface area contributed by atoms with Gasteiger partial charge in [-0.2, -0.15) is 9.97 Å². The minimum Gasteiger partial charge on any atom is -0.382 e. The number of nitrogens with two attached hydrogens (primary N) is 1. The van der Waals surface area contributed by atoms with Crippen molar-refractivity contribution < 1.29 is 0 Å². The molecule has 3 aromatic rings. The van der Waals surface area contributed by atoms with Crippen molar-refractivity contribution in [1.29, 1.82) is 0 Å². The van der Waals surface area contributed by atoms with Gasteiger partial charge in [0.05, 0.1) is 6.54 Å². The van der Waals surface area contributed by atoms with Gasteiger partial charge in [-0.15, -0.1) is 0 Å². The molecule has 0 saturated carbocycles. The van der Waals surface area contributed by atoms with E-state index >= 15 is 0 Å². The zero-order chi connectivity index (χ0) is 16.2. The van der Waals surface area contributed by atoms with Crippen molar-refractivity contribution in [2.45, 2.75) is 26.3 Å². The summed E-state index contributed by atoms with van der Waals surface area (Å²) in [7, 11) is 0. The maximum atomic E-state index is 6.04. The van der Waals surface area contributed by atoms with E-state index in [1.54, 1.807) is 6.20 Å². The molecule has 23 heavy (non-hydrogen) atoms. The Morgan fingerprint density at radius 3 is 2.91 bits per heavy atom. The summed E-state index contributed by atoms with van der Waals surface area (Å²) >= 11 is 3.48. The van der Waals surface area contributed by atoms with Gasteiger partial charge in [-0.3, -0.25) is 9.55 Å². The SMILES string of the molecule is CCCCNc1nc(N)c2nc(Br)n(Cc3cccnc3)c2n1. The Morgan fingerprint density at radius 1 is 1.30 bits per heavy atom. The van der Waals surface area contributed by atoms with Crippen LogP contribution in [0.15, 0.2) is 29.3 Å². The van der Waals surface area contributed by atoms with Crippen molar-refractivity contribution in [3.05, 3.63) is 34.8 Å². The van der Waals surface area contributed by atoms with Crippen LogP contribution < -0.4 is 11.1 Å². The quantitative estimate of drug-likeness (QED) is 0.508. The van der Waals surface area contributed by atoms with Gasteiger partial charge in [0.1, 0.15) is 0 Å². The van der Waals surface area contributed by atoms with E-state index < -0.39 is 0 Å². The van der Waals surface area contributed by atoms with Gasteiger partial charge in [0.2, 0.25) is 5.95 Å².